The van der Waals surface area contributed by atoms with Crippen LogP contribution in [0, 0.1) is 0 Å². The molecule has 0 heterocycles. The number of aliphatic imine (C=N–C) groups is 1. The molecule has 0 saturated carbocycles. The Morgan fingerprint density at radius 2 is 1.62 bits per heavy atom. The zero-order valence-electron chi connectivity index (χ0n) is 18.3. The smallest absolute Gasteiger partial charge is 0.408 e. The second kappa shape index (κ2) is 11.8. The van der Waals surface area contributed by atoms with Gasteiger partial charge < -0.3 is 26.0 Å². The molecular weight excluding hydrogens is 485 g/mol. The molecule has 0 aliphatic carbocycles. The maximum absolute atomic E-state index is 12.0. The number of amides is 2. The third kappa shape index (κ3) is 10.9. The zero-order chi connectivity index (χ0) is 21.4. The summed E-state index contributed by atoms with van der Waals surface area (Å²) < 4.78 is 5.29. The van der Waals surface area contributed by atoms with Crippen LogP contribution in [0.15, 0.2) is 29.3 Å². The SMILES string of the molecule is CN=C(NCc1ccc(C(=O)NC)cc1)NCC(C)(C)NC(=O)OC(C)(C)C.I. The van der Waals surface area contributed by atoms with Crippen molar-refractivity contribution in [3.05, 3.63) is 35.4 Å². The molecule has 164 valence electrons. The number of ether oxygens (including phenoxy) is 1. The van der Waals surface area contributed by atoms with Gasteiger partial charge in [-0.2, -0.15) is 0 Å². The number of carbonyl (C=O) groups is 2. The van der Waals surface area contributed by atoms with Crippen molar-refractivity contribution in [2.24, 2.45) is 4.99 Å². The van der Waals surface area contributed by atoms with Gasteiger partial charge in [0.05, 0.1) is 5.54 Å². The quantitative estimate of drug-likeness (QED) is 0.263. The Bertz CT molecular complexity index is 697. The Balaban J connectivity index is 0.00000784. The number of hydrogen-bond acceptors (Lipinski definition) is 4. The van der Waals surface area contributed by atoms with Crippen LogP contribution in [-0.4, -0.2) is 49.7 Å². The normalized spacial score (nSPS) is 11.8. The van der Waals surface area contributed by atoms with Gasteiger partial charge in [0.15, 0.2) is 5.96 Å². The maximum Gasteiger partial charge on any atom is 0.408 e. The summed E-state index contributed by atoms with van der Waals surface area (Å²) >= 11 is 0. The third-order valence-electron chi connectivity index (χ3n) is 3.66. The van der Waals surface area contributed by atoms with Crippen LogP contribution in [0.5, 0.6) is 0 Å². The summed E-state index contributed by atoms with van der Waals surface area (Å²) in [6, 6.07) is 7.33. The van der Waals surface area contributed by atoms with Crippen molar-refractivity contribution >= 4 is 41.9 Å². The first-order valence-electron chi connectivity index (χ1n) is 9.22. The Morgan fingerprint density at radius 3 is 2.10 bits per heavy atom. The zero-order valence-corrected chi connectivity index (χ0v) is 20.6. The van der Waals surface area contributed by atoms with Gasteiger partial charge >= 0.3 is 6.09 Å². The first-order chi connectivity index (χ1) is 13.0. The topological polar surface area (TPSA) is 104 Å². The molecule has 0 aliphatic heterocycles. The van der Waals surface area contributed by atoms with Crippen molar-refractivity contribution in [1.82, 2.24) is 21.3 Å². The van der Waals surface area contributed by atoms with Gasteiger partial charge in [-0.1, -0.05) is 12.1 Å². The summed E-state index contributed by atoms with van der Waals surface area (Å²) in [7, 11) is 3.28. The molecule has 8 nitrogen and oxygen atoms in total. The van der Waals surface area contributed by atoms with E-state index < -0.39 is 17.2 Å². The van der Waals surface area contributed by atoms with Gasteiger partial charge in [-0.3, -0.25) is 9.79 Å². The lowest BCUT2D eigenvalue weighted by molar-refractivity contribution is 0.0473. The molecule has 1 rings (SSSR count). The van der Waals surface area contributed by atoms with Crippen LogP contribution in [0.1, 0.15) is 50.5 Å². The van der Waals surface area contributed by atoms with Crippen molar-refractivity contribution < 1.29 is 14.3 Å². The van der Waals surface area contributed by atoms with Crippen LogP contribution in [0.3, 0.4) is 0 Å². The predicted octanol–water partition coefficient (Wildman–Crippen LogP) is 2.63. The Morgan fingerprint density at radius 1 is 1.03 bits per heavy atom. The monoisotopic (exact) mass is 519 g/mol. The second-order valence-electron chi connectivity index (χ2n) is 8.07. The van der Waals surface area contributed by atoms with Gasteiger partial charge in [0.2, 0.25) is 0 Å². The number of guanidine groups is 1. The summed E-state index contributed by atoms with van der Waals surface area (Å²) in [5.74, 6) is 0.492. The molecule has 0 bridgehead atoms. The third-order valence-corrected chi connectivity index (χ3v) is 3.66. The minimum atomic E-state index is -0.543. The van der Waals surface area contributed by atoms with E-state index in [1.807, 2.05) is 46.8 Å². The molecule has 1 aromatic carbocycles. The molecule has 0 aromatic heterocycles. The van der Waals surface area contributed by atoms with Crippen LogP contribution >= 0.6 is 24.0 Å². The van der Waals surface area contributed by atoms with Crippen molar-refractivity contribution in [2.75, 3.05) is 20.6 Å². The number of nitrogens with one attached hydrogen (secondary N) is 4. The Kier molecular flexibility index (Phi) is 11.0. The minimum Gasteiger partial charge on any atom is -0.444 e. The molecule has 2 amide bonds. The molecule has 0 fully saturated rings. The van der Waals surface area contributed by atoms with E-state index in [-0.39, 0.29) is 29.9 Å². The van der Waals surface area contributed by atoms with Crippen LogP contribution < -0.4 is 21.3 Å². The van der Waals surface area contributed by atoms with E-state index in [0.717, 1.165) is 5.56 Å². The van der Waals surface area contributed by atoms with E-state index in [4.69, 9.17) is 4.74 Å². The number of nitrogens with zero attached hydrogens (tertiary/aromatic N) is 1. The van der Waals surface area contributed by atoms with E-state index in [2.05, 4.69) is 26.3 Å². The molecule has 0 atom stereocenters. The van der Waals surface area contributed by atoms with Crippen LogP contribution in [0.25, 0.3) is 0 Å². The predicted molar refractivity (Wildman–Crippen MR) is 127 cm³/mol. The largest absolute Gasteiger partial charge is 0.444 e. The van der Waals surface area contributed by atoms with Crippen molar-refractivity contribution in [1.29, 1.82) is 0 Å². The lowest BCUT2D eigenvalue weighted by Gasteiger charge is -2.29. The van der Waals surface area contributed by atoms with Crippen molar-refractivity contribution in [3.63, 3.8) is 0 Å². The molecule has 29 heavy (non-hydrogen) atoms. The van der Waals surface area contributed by atoms with E-state index in [1.54, 1.807) is 26.2 Å². The molecule has 0 aliphatic rings. The van der Waals surface area contributed by atoms with Crippen molar-refractivity contribution in [2.45, 2.75) is 52.3 Å². The van der Waals surface area contributed by atoms with E-state index >= 15 is 0 Å². The average Bonchev–Trinajstić information content (AvgIpc) is 2.59. The fraction of sp³-hybridized carbons (Fsp3) is 0.550. The number of halogens is 1. The molecule has 4 N–H and O–H groups in total. The second-order valence-corrected chi connectivity index (χ2v) is 8.07. The standard InChI is InChI=1S/C20H33N5O3.HI/c1-19(2,3)28-18(27)25-20(4,5)13-24-17(22-7)23-12-14-8-10-15(11-9-14)16(26)21-6;/h8-11H,12-13H2,1-7H3,(H,21,26)(H,25,27)(H2,22,23,24);1H. The lowest BCUT2D eigenvalue weighted by Crippen LogP contribution is -2.54. The highest BCUT2D eigenvalue weighted by molar-refractivity contribution is 14.0. The average molecular weight is 519 g/mol. The summed E-state index contributed by atoms with van der Waals surface area (Å²) in [4.78, 5) is 27.7. The number of rotatable bonds is 6. The van der Waals surface area contributed by atoms with Gasteiger partial charge in [-0.25, -0.2) is 4.79 Å². The molecule has 0 radical (unpaired) electrons. The van der Waals surface area contributed by atoms with E-state index in [0.29, 0.717) is 24.6 Å². The highest BCUT2D eigenvalue weighted by atomic mass is 127. The molecule has 0 spiro atoms. The fourth-order valence-corrected chi connectivity index (χ4v) is 2.25. The maximum atomic E-state index is 12.0. The minimum absolute atomic E-state index is 0. The lowest BCUT2D eigenvalue weighted by atomic mass is 10.1. The number of carbonyl (C=O) groups excluding carboxylic acids is 2. The van der Waals surface area contributed by atoms with Crippen molar-refractivity contribution in [3.8, 4) is 0 Å². The molecule has 9 heteroatoms. The van der Waals surface area contributed by atoms with Gasteiger partial charge in [0, 0.05) is 32.7 Å². The number of hydrogen-bond donors (Lipinski definition) is 4. The van der Waals surface area contributed by atoms with Gasteiger partial charge in [0.25, 0.3) is 5.91 Å². The summed E-state index contributed by atoms with van der Waals surface area (Å²) in [6.45, 7) is 10.3. The summed E-state index contributed by atoms with van der Waals surface area (Å²) in [5.41, 5.74) is 0.554. The summed E-state index contributed by atoms with van der Waals surface area (Å²) in [5, 5.41) is 11.8. The van der Waals surface area contributed by atoms with E-state index in [1.165, 1.54) is 0 Å². The number of benzene rings is 1. The first-order valence-corrected chi connectivity index (χ1v) is 9.22. The van der Waals surface area contributed by atoms with Crippen LogP contribution in [0.2, 0.25) is 0 Å². The van der Waals surface area contributed by atoms with Crippen LogP contribution in [-0.2, 0) is 11.3 Å². The highest BCUT2D eigenvalue weighted by Crippen LogP contribution is 2.09. The van der Waals surface area contributed by atoms with E-state index in [9.17, 15) is 9.59 Å². The molecule has 1 aromatic rings. The first kappa shape index (κ1) is 27.0. The van der Waals surface area contributed by atoms with Gasteiger partial charge in [-0.05, 0) is 52.3 Å². The summed E-state index contributed by atoms with van der Waals surface area (Å²) in [6.07, 6.45) is -0.460. The Labute approximate surface area is 190 Å². The Hall–Kier alpha value is -2.04. The highest BCUT2D eigenvalue weighted by Gasteiger charge is 2.24. The fourth-order valence-electron chi connectivity index (χ4n) is 2.25. The van der Waals surface area contributed by atoms with Gasteiger partial charge in [0.1, 0.15) is 5.60 Å². The molecular formula is C20H34IN5O3. The molecule has 0 unspecified atom stereocenters. The van der Waals surface area contributed by atoms with Crippen LogP contribution in [0.4, 0.5) is 4.79 Å². The number of alkyl carbamates (subject to hydrolysis) is 1. The molecule has 0 saturated heterocycles. The van der Waals surface area contributed by atoms with Gasteiger partial charge in [-0.15, -0.1) is 24.0 Å².